The predicted octanol–water partition coefficient (Wildman–Crippen LogP) is 2.65. The van der Waals surface area contributed by atoms with Crippen molar-refractivity contribution in [2.45, 2.75) is 20.0 Å². The SMILES string of the molecule is CC(C)C(O)c1cc(F)ccc1F. The van der Waals surface area contributed by atoms with E-state index in [0.29, 0.717) is 0 Å². The summed E-state index contributed by atoms with van der Waals surface area (Å²) in [7, 11) is 0. The molecule has 1 unspecified atom stereocenters. The third-order valence-corrected chi connectivity index (χ3v) is 1.91. The van der Waals surface area contributed by atoms with Gasteiger partial charge in [-0.25, -0.2) is 8.78 Å². The maximum atomic E-state index is 13.1. The Bertz CT molecular complexity index is 297. The van der Waals surface area contributed by atoms with Gasteiger partial charge >= 0.3 is 0 Å². The Kier molecular flexibility index (Phi) is 2.98. The average Bonchev–Trinajstić information content (AvgIpc) is 2.08. The number of hydrogen-bond acceptors (Lipinski definition) is 1. The zero-order chi connectivity index (χ0) is 10.0. The van der Waals surface area contributed by atoms with Gasteiger partial charge in [0, 0.05) is 5.56 Å². The molecule has 0 aliphatic carbocycles. The van der Waals surface area contributed by atoms with E-state index in [1.54, 1.807) is 13.8 Å². The van der Waals surface area contributed by atoms with Gasteiger partial charge in [-0.1, -0.05) is 13.8 Å². The van der Waals surface area contributed by atoms with Crippen molar-refractivity contribution in [3.63, 3.8) is 0 Å². The van der Waals surface area contributed by atoms with Gasteiger partial charge in [-0.15, -0.1) is 0 Å². The van der Waals surface area contributed by atoms with E-state index in [2.05, 4.69) is 0 Å². The molecule has 0 aliphatic rings. The summed E-state index contributed by atoms with van der Waals surface area (Å²) in [5, 5.41) is 9.50. The first-order chi connectivity index (χ1) is 6.02. The van der Waals surface area contributed by atoms with Crippen molar-refractivity contribution in [3.05, 3.63) is 35.4 Å². The van der Waals surface area contributed by atoms with E-state index >= 15 is 0 Å². The lowest BCUT2D eigenvalue weighted by atomic mass is 9.99. The summed E-state index contributed by atoms with van der Waals surface area (Å²) >= 11 is 0. The summed E-state index contributed by atoms with van der Waals surface area (Å²) in [6.07, 6.45) is -0.948. The topological polar surface area (TPSA) is 20.2 Å². The Balaban J connectivity index is 3.05. The van der Waals surface area contributed by atoms with E-state index in [4.69, 9.17) is 0 Å². The van der Waals surface area contributed by atoms with Crippen LogP contribution >= 0.6 is 0 Å². The molecule has 1 atom stereocenters. The second-order valence-electron chi connectivity index (χ2n) is 3.35. The molecule has 0 aromatic heterocycles. The van der Waals surface area contributed by atoms with Crippen molar-refractivity contribution in [3.8, 4) is 0 Å². The number of benzene rings is 1. The molecule has 0 saturated heterocycles. The summed E-state index contributed by atoms with van der Waals surface area (Å²) in [6, 6.07) is 3.09. The molecule has 1 aromatic carbocycles. The van der Waals surface area contributed by atoms with Crippen LogP contribution < -0.4 is 0 Å². The van der Waals surface area contributed by atoms with Crippen molar-refractivity contribution >= 4 is 0 Å². The Morgan fingerprint density at radius 3 is 2.38 bits per heavy atom. The first-order valence-corrected chi connectivity index (χ1v) is 4.15. The molecule has 3 heteroatoms. The zero-order valence-electron chi connectivity index (χ0n) is 7.59. The van der Waals surface area contributed by atoms with Crippen molar-refractivity contribution in [2.75, 3.05) is 0 Å². The molecule has 0 bridgehead atoms. The van der Waals surface area contributed by atoms with Crippen LogP contribution in [0.2, 0.25) is 0 Å². The highest BCUT2D eigenvalue weighted by molar-refractivity contribution is 5.21. The third-order valence-electron chi connectivity index (χ3n) is 1.91. The minimum Gasteiger partial charge on any atom is -0.388 e. The maximum Gasteiger partial charge on any atom is 0.129 e. The molecule has 1 nitrogen and oxygen atoms in total. The highest BCUT2D eigenvalue weighted by Gasteiger charge is 2.16. The minimum atomic E-state index is -0.948. The second kappa shape index (κ2) is 3.83. The molecule has 1 rings (SSSR count). The molecule has 0 heterocycles. The van der Waals surface area contributed by atoms with Crippen LogP contribution in [0.3, 0.4) is 0 Å². The lowest BCUT2D eigenvalue weighted by molar-refractivity contribution is 0.122. The summed E-state index contributed by atoms with van der Waals surface area (Å²) in [6.45, 7) is 3.49. The van der Waals surface area contributed by atoms with Crippen molar-refractivity contribution in [1.82, 2.24) is 0 Å². The Morgan fingerprint density at radius 1 is 1.23 bits per heavy atom. The number of aliphatic hydroxyl groups is 1. The second-order valence-corrected chi connectivity index (χ2v) is 3.35. The fraction of sp³-hybridized carbons (Fsp3) is 0.400. The summed E-state index contributed by atoms with van der Waals surface area (Å²) in [5.41, 5.74) is 0.0231. The van der Waals surface area contributed by atoms with E-state index in [0.717, 1.165) is 18.2 Å². The molecule has 0 amide bonds. The highest BCUT2D eigenvalue weighted by atomic mass is 19.1. The van der Waals surface area contributed by atoms with Gasteiger partial charge in [-0.2, -0.15) is 0 Å². The van der Waals surface area contributed by atoms with E-state index in [1.807, 2.05) is 0 Å². The number of halogens is 2. The largest absolute Gasteiger partial charge is 0.388 e. The molecule has 0 spiro atoms. The van der Waals surface area contributed by atoms with Crippen LogP contribution in [0.4, 0.5) is 8.78 Å². The maximum absolute atomic E-state index is 13.1. The van der Waals surface area contributed by atoms with E-state index in [1.165, 1.54) is 0 Å². The van der Waals surface area contributed by atoms with Crippen LogP contribution in [0.5, 0.6) is 0 Å². The smallest absolute Gasteiger partial charge is 0.129 e. The standard InChI is InChI=1S/C10H12F2O/c1-6(2)10(13)8-5-7(11)3-4-9(8)12/h3-6,10,13H,1-2H3. The van der Waals surface area contributed by atoms with E-state index in [-0.39, 0.29) is 11.5 Å². The van der Waals surface area contributed by atoms with Crippen LogP contribution in [0.15, 0.2) is 18.2 Å². The first-order valence-electron chi connectivity index (χ1n) is 4.15. The van der Waals surface area contributed by atoms with Crippen molar-refractivity contribution < 1.29 is 13.9 Å². The molecule has 72 valence electrons. The van der Waals surface area contributed by atoms with Crippen molar-refractivity contribution in [2.24, 2.45) is 5.92 Å². The van der Waals surface area contributed by atoms with Gasteiger partial charge in [0.1, 0.15) is 11.6 Å². The van der Waals surface area contributed by atoms with E-state index in [9.17, 15) is 13.9 Å². The normalized spacial score (nSPS) is 13.4. The monoisotopic (exact) mass is 186 g/mol. The van der Waals surface area contributed by atoms with Gasteiger partial charge in [0.2, 0.25) is 0 Å². The number of hydrogen-bond donors (Lipinski definition) is 1. The quantitative estimate of drug-likeness (QED) is 0.752. The molecular weight excluding hydrogens is 174 g/mol. The first kappa shape index (κ1) is 10.1. The number of aliphatic hydroxyl groups excluding tert-OH is 1. The molecular formula is C10H12F2O. The third kappa shape index (κ3) is 2.25. The van der Waals surface area contributed by atoms with Crippen LogP contribution in [-0.4, -0.2) is 5.11 Å². The van der Waals surface area contributed by atoms with Gasteiger partial charge in [0.25, 0.3) is 0 Å². The molecule has 13 heavy (non-hydrogen) atoms. The Hall–Kier alpha value is -0.960. The van der Waals surface area contributed by atoms with E-state index < -0.39 is 17.7 Å². The molecule has 0 saturated carbocycles. The van der Waals surface area contributed by atoms with Crippen LogP contribution in [0.1, 0.15) is 25.5 Å². The fourth-order valence-corrected chi connectivity index (χ4v) is 1.10. The van der Waals surface area contributed by atoms with Gasteiger partial charge in [0.05, 0.1) is 6.10 Å². The lowest BCUT2D eigenvalue weighted by Crippen LogP contribution is -2.07. The average molecular weight is 186 g/mol. The Morgan fingerprint density at radius 2 is 1.85 bits per heavy atom. The highest BCUT2D eigenvalue weighted by Crippen LogP contribution is 2.24. The lowest BCUT2D eigenvalue weighted by Gasteiger charge is -2.15. The fourth-order valence-electron chi connectivity index (χ4n) is 1.10. The zero-order valence-corrected chi connectivity index (χ0v) is 7.59. The van der Waals surface area contributed by atoms with Crippen LogP contribution in [0, 0.1) is 17.6 Å². The molecule has 0 radical (unpaired) electrons. The van der Waals surface area contributed by atoms with Gasteiger partial charge in [-0.3, -0.25) is 0 Å². The van der Waals surface area contributed by atoms with Gasteiger partial charge < -0.3 is 5.11 Å². The van der Waals surface area contributed by atoms with Gasteiger partial charge in [0.15, 0.2) is 0 Å². The van der Waals surface area contributed by atoms with Gasteiger partial charge in [-0.05, 0) is 24.1 Å². The predicted molar refractivity (Wildman–Crippen MR) is 46.2 cm³/mol. The molecule has 1 N–H and O–H groups in total. The summed E-state index contributed by atoms with van der Waals surface area (Å²) in [5.74, 6) is -1.23. The summed E-state index contributed by atoms with van der Waals surface area (Å²) in [4.78, 5) is 0. The van der Waals surface area contributed by atoms with Crippen LogP contribution in [-0.2, 0) is 0 Å². The van der Waals surface area contributed by atoms with Crippen LogP contribution in [0.25, 0.3) is 0 Å². The molecule has 1 aromatic rings. The summed E-state index contributed by atoms with van der Waals surface area (Å²) < 4.78 is 25.7. The number of rotatable bonds is 2. The molecule has 0 aliphatic heterocycles. The molecule has 0 fully saturated rings. The Labute approximate surface area is 76.0 Å². The minimum absolute atomic E-state index is 0.0231. The van der Waals surface area contributed by atoms with Crippen molar-refractivity contribution in [1.29, 1.82) is 0 Å².